The van der Waals surface area contributed by atoms with Crippen LogP contribution in [0.2, 0.25) is 0 Å². The average Bonchev–Trinajstić information content (AvgIpc) is 2.76. The maximum absolute atomic E-state index is 13.3. The third-order valence-corrected chi connectivity index (χ3v) is 6.49. The molecule has 0 spiro atoms. The molecule has 0 fully saturated rings. The van der Waals surface area contributed by atoms with Crippen molar-refractivity contribution in [2.75, 3.05) is 18.5 Å². The largest absolute Gasteiger partial charge is 0.494 e. The summed E-state index contributed by atoms with van der Waals surface area (Å²) in [4.78, 5) is 16.5. The molecule has 3 rings (SSSR count). The van der Waals surface area contributed by atoms with Gasteiger partial charge in [-0.2, -0.15) is 0 Å². The molecule has 0 saturated carbocycles. The first-order valence-corrected chi connectivity index (χ1v) is 11.0. The molecule has 3 aromatic rings. The SMILES string of the molecule is CCOc1ccc(S(=O)(=O)C(CNC(=O)Nc2ccccc2)c2cccnc2)cc1. The fraction of sp³-hybridized carbons (Fsp3) is 0.182. The lowest BCUT2D eigenvalue weighted by Crippen LogP contribution is -2.35. The molecule has 7 nitrogen and oxygen atoms in total. The Balaban J connectivity index is 1.81. The molecule has 2 amide bonds. The first-order chi connectivity index (χ1) is 14.5. The van der Waals surface area contributed by atoms with Crippen molar-refractivity contribution in [3.05, 3.63) is 84.7 Å². The monoisotopic (exact) mass is 425 g/mol. The number of sulfone groups is 1. The molecule has 0 aliphatic carbocycles. The van der Waals surface area contributed by atoms with Gasteiger partial charge in [-0.1, -0.05) is 24.3 Å². The van der Waals surface area contributed by atoms with E-state index in [1.165, 1.54) is 18.3 Å². The molecule has 1 heterocycles. The Kier molecular flexibility index (Phi) is 7.03. The molecule has 156 valence electrons. The molecule has 1 aromatic heterocycles. The van der Waals surface area contributed by atoms with E-state index in [0.29, 0.717) is 23.6 Å². The lowest BCUT2D eigenvalue weighted by molar-refractivity contribution is 0.252. The van der Waals surface area contributed by atoms with E-state index < -0.39 is 21.1 Å². The number of nitrogens with one attached hydrogen (secondary N) is 2. The summed E-state index contributed by atoms with van der Waals surface area (Å²) >= 11 is 0. The van der Waals surface area contributed by atoms with Crippen molar-refractivity contribution in [3.8, 4) is 5.75 Å². The van der Waals surface area contributed by atoms with E-state index in [1.54, 1.807) is 54.7 Å². The highest BCUT2D eigenvalue weighted by atomic mass is 32.2. The van der Waals surface area contributed by atoms with Gasteiger partial charge in [-0.15, -0.1) is 0 Å². The third kappa shape index (κ3) is 5.36. The fourth-order valence-electron chi connectivity index (χ4n) is 2.91. The smallest absolute Gasteiger partial charge is 0.319 e. The van der Waals surface area contributed by atoms with E-state index in [4.69, 9.17) is 4.74 Å². The highest BCUT2D eigenvalue weighted by Gasteiger charge is 2.30. The van der Waals surface area contributed by atoms with Gasteiger partial charge in [0.2, 0.25) is 0 Å². The van der Waals surface area contributed by atoms with E-state index in [1.807, 2.05) is 13.0 Å². The Labute approximate surface area is 176 Å². The molecule has 2 N–H and O–H groups in total. The Morgan fingerprint density at radius 1 is 1.03 bits per heavy atom. The van der Waals surface area contributed by atoms with Gasteiger partial charge in [0.25, 0.3) is 0 Å². The van der Waals surface area contributed by atoms with Crippen molar-refractivity contribution >= 4 is 21.6 Å². The quantitative estimate of drug-likeness (QED) is 0.572. The van der Waals surface area contributed by atoms with Crippen LogP contribution in [-0.2, 0) is 9.84 Å². The van der Waals surface area contributed by atoms with Crippen molar-refractivity contribution in [1.29, 1.82) is 0 Å². The molecule has 0 bridgehead atoms. The first-order valence-electron chi connectivity index (χ1n) is 9.47. The number of anilines is 1. The summed E-state index contributed by atoms with van der Waals surface area (Å²) < 4.78 is 32.0. The van der Waals surface area contributed by atoms with Gasteiger partial charge >= 0.3 is 6.03 Å². The van der Waals surface area contributed by atoms with Crippen LogP contribution >= 0.6 is 0 Å². The summed E-state index contributed by atoms with van der Waals surface area (Å²) in [6, 6.07) is 18.0. The third-order valence-electron chi connectivity index (χ3n) is 4.37. The van der Waals surface area contributed by atoms with Crippen molar-refractivity contribution in [1.82, 2.24) is 10.3 Å². The number of rotatable bonds is 8. The van der Waals surface area contributed by atoms with Crippen molar-refractivity contribution < 1.29 is 17.9 Å². The van der Waals surface area contributed by atoms with Crippen molar-refractivity contribution in [2.45, 2.75) is 17.1 Å². The minimum absolute atomic E-state index is 0.111. The highest BCUT2D eigenvalue weighted by Crippen LogP contribution is 2.29. The second kappa shape index (κ2) is 9.89. The van der Waals surface area contributed by atoms with Gasteiger partial charge in [-0.25, -0.2) is 13.2 Å². The number of amides is 2. The Hall–Kier alpha value is -3.39. The number of nitrogens with zero attached hydrogens (tertiary/aromatic N) is 1. The van der Waals surface area contributed by atoms with Gasteiger partial charge in [0.1, 0.15) is 11.0 Å². The van der Waals surface area contributed by atoms with Crippen LogP contribution in [0, 0.1) is 0 Å². The van der Waals surface area contributed by atoms with Crippen molar-refractivity contribution in [2.24, 2.45) is 0 Å². The normalized spacial score (nSPS) is 12.0. The minimum atomic E-state index is -3.79. The summed E-state index contributed by atoms with van der Waals surface area (Å²) in [6.45, 7) is 2.24. The van der Waals surface area contributed by atoms with E-state index in [0.717, 1.165) is 0 Å². The minimum Gasteiger partial charge on any atom is -0.494 e. The Morgan fingerprint density at radius 3 is 2.40 bits per heavy atom. The zero-order valence-electron chi connectivity index (χ0n) is 16.5. The molecule has 0 radical (unpaired) electrons. The van der Waals surface area contributed by atoms with Gasteiger partial charge in [-0.05, 0) is 55.0 Å². The molecule has 2 aromatic carbocycles. The molecule has 1 unspecified atom stereocenters. The first kappa shape index (κ1) is 21.3. The van der Waals surface area contributed by atoms with Crippen LogP contribution in [0.25, 0.3) is 0 Å². The summed E-state index contributed by atoms with van der Waals surface area (Å²) in [5.41, 5.74) is 1.11. The lowest BCUT2D eigenvalue weighted by Gasteiger charge is -2.19. The Bertz CT molecular complexity index is 1060. The average molecular weight is 426 g/mol. The van der Waals surface area contributed by atoms with Gasteiger partial charge in [0.15, 0.2) is 9.84 Å². The van der Waals surface area contributed by atoms with Gasteiger partial charge in [-0.3, -0.25) is 4.98 Å². The summed E-state index contributed by atoms with van der Waals surface area (Å²) in [5.74, 6) is 0.592. The van der Waals surface area contributed by atoms with Gasteiger partial charge in [0.05, 0.1) is 11.5 Å². The van der Waals surface area contributed by atoms with Crippen LogP contribution in [-0.4, -0.2) is 32.6 Å². The second-order valence-corrected chi connectivity index (χ2v) is 8.56. The zero-order valence-corrected chi connectivity index (χ0v) is 17.3. The summed E-state index contributed by atoms with van der Waals surface area (Å²) in [6.07, 6.45) is 3.06. The van der Waals surface area contributed by atoms with E-state index >= 15 is 0 Å². The molecule has 8 heteroatoms. The highest BCUT2D eigenvalue weighted by molar-refractivity contribution is 7.91. The molecular formula is C22H23N3O4S. The van der Waals surface area contributed by atoms with Crippen LogP contribution < -0.4 is 15.4 Å². The maximum atomic E-state index is 13.3. The number of pyridine rings is 1. The fourth-order valence-corrected chi connectivity index (χ4v) is 4.56. The number of carbonyl (C=O) groups excluding carboxylic acids is 1. The van der Waals surface area contributed by atoms with Crippen LogP contribution in [0.4, 0.5) is 10.5 Å². The van der Waals surface area contributed by atoms with E-state index in [9.17, 15) is 13.2 Å². The number of para-hydroxylation sites is 1. The predicted octanol–water partition coefficient (Wildman–Crippen LogP) is 3.82. The number of carbonyl (C=O) groups is 1. The Morgan fingerprint density at radius 2 is 1.77 bits per heavy atom. The number of urea groups is 1. The number of hydrogen-bond acceptors (Lipinski definition) is 5. The topological polar surface area (TPSA) is 97.4 Å². The number of benzene rings is 2. The van der Waals surface area contributed by atoms with Crippen LogP contribution in [0.5, 0.6) is 5.75 Å². The molecule has 30 heavy (non-hydrogen) atoms. The number of hydrogen-bond donors (Lipinski definition) is 2. The molecule has 1 atom stereocenters. The van der Waals surface area contributed by atoms with Gasteiger partial charge < -0.3 is 15.4 Å². The standard InChI is InChI=1S/C22H23N3O4S/c1-2-29-19-10-12-20(13-11-19)30(27,28)21(17-7-6-14-23-15-17)16-24-22(26)25-18-8-4-3-5-9-18/h3-15,21H,2,16H2,1H3,(H2,24,25,26). The summed E-state index contributed by atoms with van der Waals surface area (Å²) in [7, 11) is -3.79. The lowest BCUT2D eigenvalue weighted by atomic mass is 10.2. The number of aromatic nitrogens is 1. The molecule has 0 aliphatic rings. The van der Waals surface area contributed by atoms with Crippen molar-refractivity contribution in [3.63, 3.8) is 0 Å². The van der Waals surface area contributed by atoms with E-state index in [-0.39, 0.29) is 11.4 Å². The number of ether oxygens (including phenoxy) is 1. The van der Waals surface area contributed by atoms with Crippen LogP contribution in [0.15, 0.2) is 84.0 Å². The van der Waals surface area contributed by atoms with Crippen LogP contribution in [0.3, 0.4) is 0 Å². The van der Waals surface area contributed by atoms with Crippen LogP contribution in [0.1, 0.15) is 17.7 Å². The maximum Gasteiger partial charge on any atom is 0.319 e. The zero-order chi connectivity index (χ0) is 21.4. The predicted molar refractivity (Wildman–Crippen MR) is 115 cm³/mol. The molecular weight excluding hydrogens is 402 g/mol. The molecule has 0 saturated heterocycles. The van der Waals surface area contributed by atoms with Gasteiger partial charge in [0, 0.05) is 24.6 Å². The van der Waals surface area contributed by atoms with E-state index in [2.05, 4.69) is 15.6 Å². The summed E-state index contributed by atoms with van der Waals surface area (Å²) in [5, 5.41) is 4.35. The molecule has 0 aliphatic heterocycles. The second-order valence-electron chi connectivity index (χ2n) is 6.43.